The number of nitrogens with zero attached hydrogens (tertiary/aromatic N) is 2. The first-order valence-corrected chi connectivity index (χ1v) is 9.96. The lowest BCUT2D eigenvalue weighted by Gasteiger charge is -2.07. The molecule has 2 aromatic carbocycles. The monoisotopic (exact) mass is 434 g/mol. The summed E-state index contributed by atoms with van der Waals surface area (Å²) >= 11 is 13.2. The fourth-order valence-electron chi connectivity index (χ4n) is 2.58. The van der Waals surface area contributed by atoms with E-state index in [2.05, 4.69) is 20.0 Å². The number of hydrogen-bond acceptors (Lipinski definition) is 7. The smallest absolute Gasteiger partial charge is 0.231 e. The summed E-state index contributed by atoms with van der Waals surface area (Å²) in [6, 6.07) is 11.2. The highest BCUT2D eigenvalue weighted by molar-refractivity contribution is 7.09. The summed E-state index contributed by atoms with van der Waals surface area (Å²) in [5.74, 6) is 2.19. The van der Waals surface area contributed by atoms with Crippen LogP contribution in [0.25, 0.3) is 6.08 Å². The number of benzene rings is 2. The zero-order valence-electron chi connectivity index (χ0n) is 14.8. The molecule has 1 aliphatic rings. The summed E-state index contributed by atoms with van der Waals surface area (Å²) in [7, 11) is 0. The maximum absolute atomic E-state index is 6.03. The van der Waals surface area contributed by atoms with Gasteiger partial charge in [0, 0.05) is 35.5 Å². The van der Waals surface area contributed by atoms with E-state index in [1.165, 1.54) is 11.5 Å². The van der Waals surface area contributed by atoms with Crippen molar-refractivity contribution in [1.29, 1.82) is 0 Å². The second-order valence-electron chi connectivity index (χ2n) is 6.08. The van der Waals surface area contributed by atoms with Crippen LogP contribution in [0.15, 0.2) is 42.1 Å². The molecule has 6 nitrogen and oxygen atoms in total. The van der Waals surface area contributed by atoms with Crippen molar-refractivity contribution in [3.63, 3.8) is 0 Å². The number of halogens is 2. The molecule has 0 aliphatic carbocycles. The van der Waals surface area contributed by atoms with Crippen LogP contribution in [0.5, 0.6) is 11.5 Å². The first-order valence-electron chi connectivity index (χ1n) is 8.43. The van der Waals surface area contributed by atoms with E-state index in [1.807, 2.05) is 37.3 Å². The van der Waals surface area contributed by atoms with Crippen LogP contribution in [0, 0.1) is 0 Å². The summed E-state index contributed by atoms with van der Waals surface area (Å²) in [4.78, 5) is 4.47. The van der Waals surface area contributed by atoms with Crippen LogP contribution < -0.4 is 20.1 Å². The van der Waals surface area contributed by atoms with Gasteiger partial charge in [-0.3, -0.25) is 0 Å². The first kappa shape index (κ1) is 18.9. The van der Waals surface area contributed by atoms with Gasteiger partial charge in [0.15, 0.2) is 17.3 Å². The molecule has 0 atom stereocenters. The Morgan fingerprint density at radius 2 is 2.00 bits per heavy atom. The Morgan fingerprint density at radius 1 is 1.14 bits per heavy atom. The highest BCUT2D eigenvalue weighted by Gasteiger charge is 2.13. The predicted molar refractivity (Wildman–Crippen MR) is 113 cm³/mol. The van der Waals surface area contributed by atoms with Crippen LogP contribution in [0.4, 0.5) is 10.8 Å². The van der Waals surface area contributed by atoms with E-state index in [4.69, 9.17) is 32.7 Å². The molecule has 0 saturated carbocycles. The summed E-state index contributed by atoms with van der Waals surface area (Å²) < 4.78 is 15.1. The largest absolute Gasteiger partial charge is 0.454 e. The molecule has 0 radical (unpaired) electrons. The lowest BCUT2D eigenvalue weighted by molar-refractivity contribution is 0.174. The molecule has 0 fully saturated rings. The summed E-state index contributed by atoms with van der Waals surface area (Å²) in [6.07, 6.45) is 1.89. The fourth-order valence-corrected chi connectivity index (χ4v) is 3.45. The molecule has 1 aliphatic heterocycles. The Labute approximate surface area is 176 Å². The number of nitrogens with one attached hydrogen (secondary N) is 2. The molecular weight excluding hydrogens is 419 g/mol. The normalized spacial score (nSPS) is 12.9. The Morgan fingerprint density at radius 3 is 2.86 bits per heavy atom. The van der Waals surface area contributed by atoms with Gasteiger partial charge in [-0.25, -0.2) is 0 Å². The topological polar surface area (TPSA) is 68.3 Å². The van der Waals surface area contributed by atoms with Crippen LogP contribution >= 0.6 is 34.7 Å². The molecule has 144 valence electrons. The summed E-state index contributed by atoms with van der Waals surface area (Å²) in [5.41, 5.74) is 2.86. The minimum absolute atomic E-state index is 0.277. The highest BCUT2D eigenvalue weighted by atomic mass is 35.5. The van der Waals surface area contributed by atoms with Gasteiger partial charge in [-0.2, -0.15) is 9.36 Å². The number of hydrogen-bond donors (Lipinski definition) is 2. The first-order chi connectivity index (χ1) is 13.6. The van der Waals surface area contributed by atoms with Gasteiger partial charge in [0.2, 0.25) is 11.9 Å². The lowest BCUT2D eigenvalue weighted by atomic mass is 10.2. The molecule has 1 aromatic heterocycles. The minimum Gasteiger partial charge on any atom is -0.454 e. The van der Waals surface area contributed by atoms with Gasteiger partial charge in [-0.15, -0.1) is 0 Å². The molecule has 0 unspecified atom stereocenters. The lowest BCUT2D eigenvalue weighted by Crippen LogP contribution is -2.10. The van der Waals surface area contributed by atoms with Gasteiger partial charge in [-0.05, 0) is 42.8 Å². The fraction of sp³-hybridized carbons (Fsp3) is 0.158. The maximum Gasteiger partial charge on any atom is 0.231 e. The molecule has 2 N–H and O–H groups in total. The second kappa shape index (κ2) is 8.26. The molecule has 0 saturated heterocycles. The van der Waals surface area contributed by atoms with Crippen LogP contribution in [0.1, 0.15) is 18.3 Å². The number of ether oxygens (including phenoxy) is 2. The number of allylic oxidation sites excluding steroid dienone is 1. The van der Waals surface area contributed by atoms with Crippen molar-refractivity contribution in [3.8, 4) is 11.5 Å². The molecule has 2 heterocycles. The van der Waals surface area contributed by atoms with E-state index in [-0.39, 0.29) is 6.79 Å². The Bertz CT molecular complexity index is 1040. The van der Waals surface area contributed by atoms with Gasteiger partial charge in [0.25, 0.3) is 0 Å². The molecule has 4 rings (SSSR count). The van der Waals surface area contributed by atoms with E-state index < -0.39 is 0 Å². The summed E-state index contributed by atoms with van der Waals surface area (Å²) in [6.45, 7) is 2.91. The zero-order chi connectivity index (χ0) is 19.5. The molecule has 0 bridgehead atoms. The van der Waals surface area contributed by atoms with Gasteiger partial charge < -0.3 is 20.1 Å². The molecule has 0 spiro atoms. The minimum atomic E-state index is 0.277. The van der Waals surface area contributed by atoms with Crippen molar-refractivity contribution in [1.82, 2.24) is 14.7 Å². The third kappa shape index (κ3) is 4.49. The van der Waals surface area contributed by atoms with E-state index >= 15 is 0 Å². The van der Waals surface area contributed by atoms with E-state index in [0.29, 0.717) is 27.5 Å². The van der Waals surface area contributed by atoms with Crippen LogP contribution in [0.2, 0.25) is 10.0 Å². The number of fused-ring (bicyclic) bond motifs is 1. The SMILES string of the molecule is CC(=Cc1nsc(Nc2ccc(Cl)c(Cl)c2)n1)NCc1ccc2c(c1)OCO2. The third-order valence-corrected chi connectivity index (χ3v) is 5.35. The zero-order valence-corrected chi connectivity index (χ0v) is 17.2. The standard InChI is InChI=1S/C19H16Cl2N4O2S/c1-11(22-9-12-2-5-16-17(7-12)27-10-26-16)6-18-24-19(28-25-18)23-13-3-4-14(20)15(21)8-13/h2-8,22H,9-10H2,1H3,(H,23,24,25). The Hall–Kier alpha value is -2.48. The van der Waals surface area contributed by atoms with E-state index in [0.717, 1.165) is 28.4 Å². The number of rotatable bonds is 6. The number of aromatic nitrogens is 2. The molecular formula is C19H16Cl2N4O2S. The van der Waals surface area contributed by atoms with Crippen molar-refractivity contribution in [2.45, 2.75) is 13.5 Å². The van der Waals surface area contributed by atoms with Crippen molar-refractivity contribution < 1.29 is 9.47 Å². The number of anilines is 2. The van der Waals surface area contributed by atoms with Gasteiger partial charge in [0.05, 0.1) is 10.0 Å². The van der Waals surface area contributed by atoms with Crippen molar-refractivity contribution in [3.05, 3.63) is 63.5 Å². The second-order valence-corrected chi connectivity index (χ2v) is 7.65. The van der Waals surface area contributed by atoms with Crippen molar-refractivity contribution in [2.75, 3.05) is 12.1 Å². The quantitative estimate of drug-likeness (QED) is 0.536. The predicted octanol–water partition coefficient (Wildman–Crippen LogP) is 5.47. The van der Waals surface area contributed by atoms with Crippen LogP contribution in [-0.2, 0) is 6.54 Å². The van der Waals surface area contributed by atoms with Crippen molar-refractivity contribution >= 4 is 51.6 Å². The van der Waals surface area contributed by atoms with Crippen LogP contribution in [-0.4, -0.2) is 16.2 Å². The average Bonchev–Trinajstić information content (AvgIpc) is 3.32. The van der Waals surface area contributed by atoms with E-state index in [1.54, 1.807) is 12.1 Å². The molecule has 9 heteroatoms. The molecule has 3 aromatic rings. The Balaban J connectivity index is 1.36. The maximum atomic E-state index is 6.03. The van der Waals surface area contributed by atoms with Gasteiger partial charge >= 0.3 is 0 Å². The summed E-state index contributed by atoms with van der Waals surface area (Å²) in [5, 5.41) is 8.19. The van der Waals surface area contributed by atoms with Crippen molar-refractivity contribution in [2.24, 2.45) is 0 Å². The third-order valence-electron chi connectivity index (χ3n) is 3.97. The van der Waals surface area contributed by atoms with Gasteiger partial charge in [-0.1, -0.05) is 29.3 Å². The van der Waals surface area contributed by atoms with E-state index in [9.17, 15) is 0 Å². The Kier molecular flexibility index (Phi) is 5.57. The molecule has 0 amide bonds. The molecule has 28 heavy (non-hydrogen) atoms. The van der Waals surface area contributed by atoms with Crippen LogP contribution in [0.3, 0.4) is 0 Å². The highest BCUT2D eigenvalue weighted by Crippen LogP contribution is 2.32. The van der Waals surface area contributed by atoms with Gasteiger partial charge in [0.1, 0.15) is 0 Å². The average molecular weight is 435 g/mol.